The van der Waals surface area contributed by atoms with E-state index in [1.165, 1.54) is 29.2 Å². The van der Waals surface area contributed by atoms with Crippen LogP contribution in [0.3, 0.4) is 0 Å². The predicted molar refractivity (Wildman–Crippen MR) is 128 cm³/mol. The number of nitrogens with zero attached hydrogens (tertiary/aromatic N) is 2. The summed E-state index contributed by atoms with van der Waals surface area (Å²) in [5.41, 5.74) is 0.751. The van der Waals surface area contributed by atoms with E-state index >= 15 is 0 Å². The zero-order chi connectivity index (χ0) is 24.8. The Bertz CT molecular complexity index is 1160. The second-order valence-electron chi connectivity index (χ2n) is 8.39. The fourth-order valence-corrected chi connectivity index (χ4v) is 4.06. The van der Waals surface area contributed by atoms with Gasteiger partial charge < -0.3 is 14.4 Å². The number of hydrogen-bond donors (Lipinski definition) is 0. The van der Waals surface area contributed by atoms with Crippen molar-refractivity contribution >= 4 is 17.7 Å². The number of ether oxygens (including phenoxy) is 2. The molecule has 1 saturated heterocycles. The van der Waals surface area contributed by atoms with Crippen LogP contribution >= 0.6 is 0 Å². The van der Waals surface area contributed by atoms with Gasteiger partial charge in [-0.05, 0) is 60.9 Å². The van der Waals surface area contributed by atoms with Crippen LogP contribution in [0.5, 0.6) is 5.75 Å². The average molecular weight is 481 g/mol. The minimum Gasteiger partial charge on any atom is -0.492 e. The van der Waals surface area contributed by atoms with E-state index in [9.17, 15) is 18.5 Å². The molecule has 2 amide bonds. The molecule has 1 aliphatic heterocycles. The Kier molecular flexibility index (Phi) is 7.29. The lowest BCUT2D eigenvalue weighted by molar-refractivity contribution is -0.156. The van der Waals surface area contributed by atoms with Gasteiger partial charge in [-0.1, -0.05) is 46.9 Å². The Morgan fingerprint density at radius 2 is 1.60 bits per heavy atom. The molecule has 0 N–H and O–H groups in total. The summed E-state index contributed by atoms with van der Waals surface area (Å²) in [6.07, 6.45) is 0.286. The molecule has 0 aliphatic carbocycles. The van der Waals surface area contributed by atoms with Crippen LogP contribution in [0, 0.1) is 11.2 Å². The summed E-state index contributed by atoms with van der Waals surface area (Å²) in [4.78, 5) is 26.9. The second kappa shape index (κ2) is 10.5. The maximum Gasteiger partial charge on any atom is 0.352 e. The smallest absolute Gasteiger partial charge is 0.352 e. The maximum absolute atomic E-state index is 14.7. The molecule has 6 nitrogen and oxygen atoms in total. The highest BCUT2D eigenvalue weighted by Gasteiger charge is 2.49. The number of rotatable bonds is 7. The van der Waals surface area contributed by atoms with Gasteiger partial charge in [0.05, 0.1) is 12.3 Å². The maximum atomic E-state index is 14.7. The van der Waals surface area contributed by atoms with Gasteiger partial charge >= 0.3 is 12.0 Å². The van der Waals surface area contributed by atoms with Crippen molar-refractivity contribution in [3.63, 3.8) is 0 Å². The van der Waals surface area contributed by atoms with Gasteiger partial charge in [0.2, 0.25) is 0 Å². The van der Waals surface area contributed by atoms with Crippen molar-refractivity contribution in [2.45, 2.75) is 13.3 Å². The lowest BCUT2D eigenvalue weighted by Gasteiger charge is -2.27. The molecule has 3 aromatic rings. The average Bonchev–Trinajstić information content (AvgIpc) is 3.34. The minimum atomic E-state index is -1.11. The van der Waals surface area contributed by atoms with Crippen LogP contribution < -0.4 is 9.86 Å². The molecule has 3 aromatic carbocycles. The Morgan fingerprint density at radius 1 is 0.971 bits per heavy atom. The third kappa shape index (κ3) is 5.42. The van der Waals surface area contributed by atoms with Crippen molar-refractivity contribution in [2.24, 2.45) is 5.41 Å². The topological polar surface area (TPSA) is 59.1 Å². The van der Waals surface area contributed by atoms with Crippen molar-refractivity contribution in [3.8, 4) is 16.9 Å². The molecule has 1 atom stereocenters. The Morgan fingerprint density at radius 3 is 2.23 bits per heavy atom. The van der Waals surface area contributed by atoms with Crippen LogP contribution in [0.2, 0.25) is 0 Å². The Balaban J connectivity index is 1.45. The zero-order valence-electron chi connectivity index (χ0n) is 19.3. The molecule has 1 aliphatic rings. The molecular weight excluding hydrogens is 454 g/mol. The number of urea groups is 1. The largest absolute Gasteiger partial charge is 0.492 e. The Hall–Kier alpha value is -3.94. The monoisotopic (exact) mass is 480 g/mol. The second-order valence-corrected chi connectivity index (χ2v) is 8.39. The van der Waals surface area contributed by atoms with Crippen LogP contribution in [0.25, 0.3) is 11.1 Å². The van der Waals surface area contributed by atoms with Crippen LogP contribution in [-0.4, -0.2) is 43.2 Å². The number of likely N-dealkylation sites (tertiary alicyclic amines) is 1. The van der Waals surface area contributed by atoms with E-state index in [1.807, 2.05) is 12.1 Å². The molecule has 1 heterocycles. The molecule has 0 radical (unpaired) electrons. The number of halogens is 2. The number of esters is 1. The number of carbonyl (C=O) groups is 2. The number of para-hydroxylation sites is 1. The standard InChI is InChI=1S/C27H26F2N2O4/c1-2-34-25(32)27(16-17-30(18-27)26(33)31(29)23-6-4-3-5-7-23)19-35-24-14-10-21(11-15-24)20-8-12-22(28)13-9-20/h3-15H,2,16-19H2,1H3. The van der Waals surface area contributed by atoms with Crippen molar-refractivity contribution in [2.75, 3.05) is 31.4 Å². The SMILES string of the molecule is CCOC(=O)C1(COc2ccc(-c3ccc(F)cc3)cc2)CCN(C(=O)N(F)c2ccccc2)C1. The van der Waals surface area contributed by atoms with Gasteiger partial charge in [-0.25, -0.2) is 9.18 Å². The van der Waals surface area contributed by atoms with Crippen LogP contribution in [0.15, 0.2) is 78.9 Å². The molecule has 0 spiro atoms. The number of amides is 2. The summed E-state index contributed by atoms with van der Waals surface area (Å²) in [7, 11) is 0. The van der Waals surface area contributed by atoms with Gasteiger partial charge in [-0.3, -0.25) is 4.79 Å². The quantitative estimate of drug-likeness (QED) is 0.325. The highest BCUT2D eigenvalue weighted by Crippen LogP contribution is 2.35. The molecule has 0 saturated carbocycles. The molecule has 1 fully saturated rings. The van der Waals surface area contributed by atoms with E-state index in [1.54, 1.807) is 49.4 Å². The van der Waals surface area contributed by atoms with Crippen LogP contribution in [-0.2, 0) is 9.53 Å². The molecule has 1 unspecified atom stereocenters. The lowest BCUT2D eigenvalue weighted by Crippen LogP contribution is -2.44. The van der Waals surface area contributed by atoms with Crippen molar-refractivity contribution in [1.82, 2.24) is 4.90 Å². The van der Waals surface area contributed by atoms with Gasteiger partial charge in [-0.15, -0.1) is 5.12 Å². The van der Waals surface area contributed by atoms with Crippen LogP contribution in [0.4, 0.5) is 19.4 Å². The lowest BCUT2D eigenvalue weighted by atomic mass is 9.88. The first-order chi connectivity index (χ1) is 16.9. The highest BCUT2D eigenvalue weighted by molar-refractivity contribution is 5.91. The fourth-order valence-electron chi connectivity index (χ4n) is 4.06. The van der Waals surface area contributed by atoms with E-state index in [0.717, 1.165) is 11.1 Å². The van der Waals surface area contributed by atoms with E-state index in [-0.39, 0.29) is 49.4 Å². The van der Waals surface area contributed by atoms with Crippen molar-refractivity contribution in [3.05, 3.63) is 84.7 Å². The van der Waals surface area contributed by atoms with Gasteiger partial charge in [0.25, 0.3) is 0 Å². The van der Waals surface area contributed by atoms with Gasteiger partial charge in [-0.2, -0.15) is 0 Å². The Labute approximate surface area is 202 Å². The first-order valence-corrected chi connectivity index (χ1v) is 11.4. The summed E-state index contributed by atoms with van der Waals surface area (Å²) in [6, 6.07) is 20.5. The molecule has 0 bridgehead atoms. The van der Waals surface area contributed by atoms with E-state index in [2.05, 4.69) is 0 Å². The summed E-state index contributed by atoms with van der Waals surface area (Å²) in [5.74, 6) is -0.259. The van der Waals surface area contributed by atoms with Crippen molar-refractivity contribution in [1.29, 1.82) is 0 Å². The fraction of sp³-hybridized carbons (Fsp3) is 0.259. The molecule has 0 aromatic heterocycles. The van der Waals surface area contributed by atoms with Crippen LogP contribution in [0.1, 0.15) is 13.3 Å². The zero-order valence-corrected chi connectivity index (χ0v) is 19.3. The highest BCUT2D eigenvalue weighted by atomic mass is 19.2. The van der Waals surface area contributed by atoms with Gasteiger partial charge in [0.1, 0.15) is 23.6 Å². The van der Waals surface area contributed by atoms with Gasteiger partial charge in [0, 0.05) is 13.1 Å². The predicted octanol–water partition coefficient (Wildman–Crippen LogP) is 5.64. The third-order valence-electron chi connectivity index (χ3n) is 6.03. The summed E-state index contributed by atoms with van der Waals surface area (Å²) >= 11 is 0. The number of benzene rings is 3. The summed E-state index contributed by atoms with van der Waals surface area (Å²) < 4.78 is 39.1. The molecular formula is C27H26F2N2O4. The van der Waals surface area contributed by atoms with Gasteiger partial charge in [0.15, 0.2) is 0 Å². The summed E-state index contributed by atoms with van der Waals surface area (Å²) in [6.45, 7) is 2.03. The molecule has 8 heteroatoms. The van der Waals surface area contributed by atoms with E-state index in [0.29, 0.717) is 5.75 Å². The normalized spacial score (nSPS) is 17.2. The number of carbonyl (C=O) groups excluding carboxylic acids is 2. The van der Waals surface area contributed by atoms with E-state index in [4.69, 9.17) is 9.47 Å². The first kappa shape index (κ1) is 24.2. The number of hydrogen-bond acceptors (Lipinski definition) is 4. The molecule has 4 rings (SSSR count). The van der Waals surface area contributed by atoms with Crippen molar-refractivity contribution < 1.29 is 27.9 Å². The molecule has 182 valence electrons. The first-order valence-electron chi connectivity index (χ1n) is 11.4. The minimum absolute atomic E-state index is 0.0222. The number of anilines is 1. The summed E-state index contributed by atoms with van der Waals surface area (Å²) in [5, 5.41) is 0.0796. The molecule has 35 heavy (non-hydrogen) atoms. The van der Waals surface area contributed by atoms with E-state index < -0.39 is 17.4 Å². The third-order valence-corrected chi connectivity index (χ3v) is 6.03.